The number of aromatic nitrogens is 3. The van der Waals surface area contributed by atoms with E-state index in [0.29, 0.717) is 11.2 Å². The van der Waals surface area contributed by atoms with Gasteiger partial charge in [-0.2, -0.15) is 0 Å². The number of methoxy groups -OCH3 is 1. The molecule has 0 N–H and O–H groups in total. The van der Waals surface area contributed by atoms with Gasteiger partial charge in [0, 0.05) is 7.05 Å². The van der Waals surface area contributed by atoms with Gasteiger partial charge in [-0.25, -0.2) is 9.78 Å². The zero-order valence-corrected chi connectivity index (χ0v) is 7.14. The maximum absolute atomic E-state index is 11.1. The molecule has 0 amide bonds. The molecule has 0 aliphatic heterocycles. The summed E-state index contributed by atoms with van der Waals surface area (Å²) in [5.41, 5.74) is 0.953. The standard InChI is InChI=1S/C7H7N3O3/c1-10-3-8-6-4(10)5(13-9-6)7(11)12-2/h3H,1-2H3. The molecule has 2 aromatic heterocycles. The third-order valence-corrected chi connectivity index (χ3v) is 1.73. The summed E-state index contributed by atoms with van der Waals surface area (Å²) >= 11 is 0. The van der Waals surface area contributed by atoms with Crippen LogP contribution in [0.4, 0.5) is 0 Å². The Bertz CT molecular complexity index is 456. The fourth-order valence-electron chi connectivity index (χ4n) is 1.11. The van der Waals surface area contributed by atoms with Crippen molar-refractivity contribution in [2.24, 2.45) is 7.05 Å². The van der Waals surface area contributed by atoms with Crippen molar-refractivity contribution in [3.05, 3.63) is 12.1 Å². The van der Waals surface area contributed by atoms with Gasteiger partial charge in [0.2, 0.25) is 5.65 Å². The molecule has 68 valence electrons. The van der Waals surface area contributed by atoms with E-state index in [-0.39, 0.29) is 5.76 Å². The minimum absolute atomic E-state index is 0.0810. The van der Waals surface area contributed by atoms with Gasteiger partial charge in [0.1, 0.15) is 5.52 Å². The summed E-state index contributed by atoms with van der Waals surface area (Å²) in [5, 5.41) is 3.60. The Morgan fingerprint density at radius 3 is 3.15 bits per heavy atom. The first-order valence-electron chi connectivity index (χ1n) is 3.59. The zero-order valence-electron chi connectivity index (χ0n) is 7.14. The maximum atomic E-state index is 11.1. The number of imidazole rings is 1. The number of rotatable bonds is 1. The third kappa shape index (κ3) is 0.986. The van der Waals surface area contributed by atoms with E-state index in [1.165, 1.54) is 7.11 Å². The van der Waals surface area contributed by atoms with Crippen LogP contribution in [-0.2, 0) is 11.8 Å². The lowest BCUT2D eigenvalue weighted by atomic mass is 10.4. The largest absolute Gasteiger partial charge is 0.463 e. The predicted molar refractivity (Wildman–Crippen MR) is 42.1 cm³/mol. The number of esters is 1. The number of carbonyl (C=O) groups is 1. The number of aryl methyl sites for hydroxylation is 1. The quantitative estimate of drug-likeness (QED) is 0.593. The fourth-order valence-corrected chi connectivity index (χ4v) is 1.11. The Labute approximate surface area is 73.1 Å². The fraction of sp³-hybridized carbons (Fsp3) is 0.286. The summed E-state index contributed by atoms with van der Waals surface area (Å²) in [5.74, 6) is -0.469. The molecule has 0 aliphatic rings. The average molecular weight is 181 g/mol. The summed E-state index contributed by atoms with van der Waals surface area (Å²) < 4.78 is 10.9. The Kier molecular flexibility index (Phi) is 1.54. The molecule has 2 rings (SSSR count). The Balaban J connectivity index is 2.68. The van der Waals surface area contributed by atoms with Crippen LogP contribution in [0.25, 0.3) is 11.2 Å². The Hall–Kier alpha value is -1.85. The summed E-state index contributed by atoms with van der Waals surface area (Å²) in [4.78, 5) is 15.0. The number of ether oxygens (including phenoxy) is 1. The molecule has 0 fully saturated rings. The van der Waals surface area contributed by atoms with Crippen LogP contribution < -0.4 is 0 Å². The third-order valence-electron chi connectivity index (χ3n) is 1.73. The highest BCUT2D eigenvalue weighted by Gasteiger charge is 2.20. The van der Waals surface area contributed by atoms with Gasteiger partial charge in [0.25, 0.3) is 5.76 Å². The van der Waals surface area contributed by atoms with Crippen molar-refractivity contribution in [3.8, 4) is 0 Å². The van der Waals surface area contributed by atoms with Crippen LogP contribution in [0.1, 0.15) is 10.6 Å². The second-order valence-corrected chi connectivity index (χ2v) is 2.53. The van der Waals surface area contributed by atoms with Gasteiger partial charge < -0.3 is 13.8 Å². The van der Waals surface area contributed by atoms with E-state index < -0.39 is 5.97 Å². The lowest BCUT2D eigenvalue weighted by Crippen LogP contribution is -2.01. The Morgan fingerprint density at radius 1 is 1.69 bits per heavy atom. The summed E-state index contributed by atoms with van der Waals surface area (Å²) in [6.45, 7) is 0. The lowest BCUT2D eigenvalue weighted by molar-refractivity contribution is 0.0557. The number of nitrogens with zero attached hydrogens (tertiary/aromatic N) is 3. The van der Waals surface area contributed by atoms with Gasteiger partial charge in [0.05, 0.1) is 13.4 Å². The molecule has 6 nitrogen and oxygen atoms in total. The van der Waals surface area contributed by atoms with E-state index in [1.807, 2.05) is 0 Å². The first kappa shape index (κ1) is 7.78. The van der Waals surface area contributed by atoms with E-state index in [9.17, 15) is 4.79 Å². The van der Waals surface area contributed by atoms with Crippen molar-refractivity contribution in [1.82, 2.24) is 14.7 Å². The van der Waals surface area contributed by atoms with Crippen LogP contribution >= 0.6 is 0 Å². The molecular weight excluding hydrogens is 174 g/mol. The second-order valence-electron chi connectivity index (χ2n) is 2.53. The van der Waals surface area contributed by atoms with E-state index >= 15 is 0 Å². The summed E-state index contributed by atoms with van der Waals surface area (Å²) in [6.07, 6.45) is 1.56. The summed E-state index contributed by atoms with van der Waals surface area (Å²) in [6, 6.07) is 0. The SMILES string of the molecule is COC(=O)c1onc2ncn(C)c12. The molecule has 0 bridgehead atoms. The van der Waals surface area contributed by atoms with Gasteiger partial charge in [0.15, 0.2) is 0 Å². The highest BCUT2D eigenvalue weighted by atomic mass is 16.5. The van der Waals surface area contributed by atoms with Crippen LogP contribution in [0.15, 0.2) is 10.9 Å². The van der Waals surface area contributed by atoms with E-state index in [4.69, 9.17) is 4.52 Å². The first-order chi connectivity index (χ1) is 6.24. The number of carbonyl (C=O) groups excluding carboxylic acids is 1. The minimum atomic E-state index is -0.550. The monoisotopic (exact) mass is 181 g/mol. The van der Waals surface area contributed by atoms with Crippen LogP contribution in [0, 0.1) is 0 Å². The molecule has 0 atom stereocenters. The predicted octanol–water partition coefficient (Wildman–Crippen LogP) is 0.348. The van der Waals surface area contributed by atoms with E-state index in [0.717, 1.165) is 0 Å². The van der Waals surface area contributed by atoms with Gasteiger partial charge in [-0.1, -0.05) is 5.16 Å². The molecule has 0 aliphatic carbocycles. The molecule has 0 aromatic carbocycles. The molecule has 0 radical (unpaired) electrons. The number of hydrogen-bond acceptors (Lipinski definition) is 5. The highest BCUT2D eigenvalue weighted by Crippen LogP contribution is 2.16. The van der Waals surface area contributed by atoms with Crippen molar-refractivity contribution < 1.29 is 14.1 Å². The van der Waals surface area contributed by atoms with Crippen LogP contribution in [0.2, 0.25) is 0 Å². The average Bonchev–Trinajstić information content (AvgIpc) is 2.68. The topological polar surface area (TPSA) is 70.2 Å². The van der Waals surface area contributed by atoms with Crippen molar-refractivity contribution in [2.45, 2.75) is 0 Å². The van der Waals surface area contributed by atoms with E-state index in [2.05, 4.69) is 14.9 Å². The smallest absolute Gasteiger partial charge is 0.379 e. The van der Waals surface area contributed by atoms with E-state index in [1.54, 1.807) is 17.9 Å². The normalized spacial score (nSPS) is 10.6. The van der Waals surface area contributed by atoms with Crippen molar-refractivity contribution in [3.63, 3.8) is 0 Å². The van der Waals surface area contributed by atoms with Gasteiger partial charge >= 0.3 is 5.97 Å². The lowest BCUT2D eigenvalue weighted by Gasteiger charge is -1.93. The number of hydrogen-bond donors (Lipinski definition) is 0. The minimum Gasteiger partial charge on any atom is -0.463 e. The molecule has 0 saturated carbocycles. The number of fused-ring (bicyclic) bond motifs is 1. The Morgan fingerprint density at radius 2 is 2.46 bits per heavy atom. The van der Waals surface area contributed by atoms with Crippen molar-refractivity contribution in [1.29, 1.82) is 0 Å². The zero-order chi connectivity index (χ0) is 9.42. The van der Waals surface area contributed by atoms with Crippen molar-refractivity contribution >= 4 is 17.1 Å². The molecule has 0 spiro atoms. The second kappa shape index (κ2) is 2.58. The summed E-state index contributed by atoms with van der Waals surface area (Å²) in [7, 11) is 3.03. The van der Waals surface area contributed by atoms with Gasteiger partial charge in [-0.05, 0) is 0 Å². The molecular formula is C7H7N3O3. The molecule has 0 unspecified atom stereocenters. The molecule has 6 heteroatoms. The van der Waals surface area contributed by atoms with Crippen LogP contribution in [0.3, 0.4) is 0 Å². The van der Waals surface area contributed by atoms with Crippen LogP contribution in [0.5, 0.6) is 0 Å². The molecule has 2 heterocycles. The molecule has 0 saturated heterocycles. The van der Waals surface area contributed by atoms with Gasteiger partial charge in [-0.15, -0.1) is 0 Å². The maximum Gasteiger partial charge on any atom is 0.379 e. The van der Waals surface area contributed by atoms with Crippen molar-refractivity contribution in [2.75, 3.05) is 7.11 Å². The van der Waals surface area contributed by atoms with Gasteiger partial charge in [-0.3, -0.25) is 0 Å². The van der Waals surface area contributed by atoms with Crippen LogP contribution in [-0.4, -0.2) is 27.8 Å². The highest BCUT2D eigenvalue weighted by molar-refractivity contribution is 5.98. The molecule has 2 aromatic rings. The first-order valence-corrected chi connectivity index (χ1v) is 3.59. The molecule has 13 heavy (non-hydrogen) atoms.